The van der Waals surface area contributed by atoms with Gasteiger partial charge in [-0.05, 0) is 31.2 Å². The van der Waals surface area contributed by atoms with Crippen molar-refractivity contribution < 1.29 is 23.1 Å². The molecular weight excluding hydrogens is 580 g/mol. The third-order valence-corrected chi connectivity index (χ3v) is 7.42. The average molecular weight is 614 g/mol. The van der Waals surface area contributed by atoms with E-state index >= 15 is 8.78 Å². The molecule has 2 amide bonds. The minimum absolute atomic E-state index is 0.0494. The zero-order valence-electron chi connectivity index (χ0n) is 24.4. The van der Waals surface area contributed by atoms with Gasteiger partial charge in [-0.15, -0.1) is 0 Å². The molecule has 43 heavy (non-hydrogen) atoms. The van der Waals surface area contributed by atoms with Gasteiger partial charge in [-0.25, -0.2) is 13.8 Å². The average Bonchev–Trinajstić information content (AvgIpc) is 3.37. The molecular formula is C30H34ClF2N7O3. The van der Waals surface area contributed by atoms with Gasteiger partial charge in [0.2, 0.25) is 0 Å². The van der Waals surface area contributed by atoms with Gasteiger partial charge in [-0.2, -0.15) is 0 Å². The van der Waals surface area contributed by atoms with Crippen molar-refractivity contribution in [3.8, 4) is 11.3 Å². The molecule has 0 saturated carbocycles. The maximum atomic E-state index is 15.4. The van der Waals surface area contributed by atoms with Gasteiger partial charge in [0.15, 0.2) is 17.5 Å². The van der Waals surface area contributed by atoms with E-state index in [2.05, 4.69) is 15.6 Å². The van der Waals surface area contributed by atoms with Crippen molar-refractivity contribution in [1.29, 1.82) is 5.41 Å². The molecule has 0 bridgehead atoms. The van der Waals surface area contributed by atoms with Gasteiger partial charge in [0, 0.05) is 88.2 Å². The van der Waals surface area contributed by atoms with Crippen LogP contribution in [-0.4, -0.2) is 90.4 Å². The van der Waals surface area contributed by atoms with E-state index in [9.17, 15) is 9.59 Å². The predicted molar refractivity (Wildman–Crippen MR) is 163 cm³/mol. The zero-order chi connectivity index (χ0) is 31.3. The van der Waals surface area contributed by atoms with Gasteiger partial charge in [0.05, 0.1) is 29.1 Å². The highest BCUT2D eigenvalue weighted by Crippen LogP contribution is 2.31. The van der Waals surface area contributed by atoms with Gasteiger partial charge in [0.25, 0.3) is 11.8 Å². The number of carbonyl (C=O) groups is 2. The number of rotatable bonds is 10. The van der Waals surface area contributed by atoms with E-state index in [1.807, 2.05) is 0 Å². The first-order valence-corrected chi connectivity index (χ1v) is 14.0. The second kappa shape index (κ2) is 13.9. The number of halogens is 3. The zero-order valence-corrected chi connectivity index (χ0v) is 25.2. The lowest BCUT2D eigenvalue weighted by Gasteiger charge is -2.27. The molecule has 228 valence electrons. The Morgan fingerprint density at radius 2 is 1.88 bits per heavy atom. The van der Waals surface area contributed by atoms with Gasteiger partial charge >= 0.3 is 0 Å². The topological polar surface area (TPSA) is 116 Å². The molecule has 1 fully saturated rings. The molecule has 1 aliphatic heterocycles. The summed E-state index contributed by atoms with van der Waals surface area (Å²) in [5.74, 6) is -3.09. The summed E-state index contributed by atoms with van der Waals surface area (Å²) < 4.78 is 37.2. The number of hydrogen-bond donors (Lipinski definition) is 3. The van der Waals surface area contributed by atoms with Crippen molar-refractivity contribution in [2.75, 3.05) is 58.8 Å². The molecule has 0 unspecified atom stereocenters. The van der Waals surface area contributed by atoms with E-state index in [1.165, 1.54) is 42.9 Å². The fraction of sp³-hybridized carbons (Fsp3) is 0.333. The smallest absolute Gasteiger partial charge is 0.291 e. The van der Waals surface area contributed by atoms with E-state index in [0.29, 0.717) is 50.6 Å². The van der Waals surface area contributed by atoms with Gasteiger partial charge < -0.3 is 35.1 Å². The SMILES string of the molecule is COCCN(C)/C=C(\C(C)=N)c1ccc(-c2cnc(C(=O)Nc3ccc(C(=O)N4CCNCC4)c(Cl)c3)n2C)c(F)c1F. The van der Waals surface area contributed by atoms with Crippen LogP contribution in [0.1, 0.15) is 33.5 Å². The number of nitrogens with zero attached hydrogens (tertiary/aromatic N) is 4. The van der Waals surface area contributed by atoms with Crippen LogP contribution < -0.4 is 10.6 Å². The third-order valence-electron chi connectivity index (χ3n) is 7.10. The molecule has 1 aromatic heterocycles. The number of methoxy groups -OCH3 is 1. The van der Waals surface area contributed by atoms with E-state index in [-0.39, 0.29) is 44.9 Å². The fourth-order valence-electron chi connectivity index (χ4n) is 4.71. The Labute approximate surface area is 253 Å². The first-order valence-electron chi connectivity index (χ1n) is 13.6. The monoisotopic (exact) mass is 613 g/mol. The van der Waals surface area contributed by atoms with E-state index < -0.39 is 17.5 Å². The number of likely N-dealkylation sites (N-methyl/N-ethyl adjacent to an activating group) is 1. The molecule has 1 aliphatic rings. The van der Waals surface area contributed by atoms with Crippen LogP contribution in [0.5, 0.6) is 0 Å². The van der Waals surface area contributed by atoms with Crippen LogP contribution in [-0.2, 0) is 11.8 Å². The van der Waals surface area contributed by atoms with Gasteiger partial charge in [-0.1, -0.05) is 17.7 Å². The lowest BCUT2D eigenvalue weighted by atomic mass is 9.99. The van der Waals surface area contributed by atoms with Crippen LogP contribution in [0.2, 0.25) is 5.02 Å². The van der Waals surface area contributed by atoms with Crippen molar-refractivity contribution in [2.24, 2.45) is 7.05 Å². The fourth-order valence-corrected chi connectivity index (χ4v) is 4.97. The Morgan fingerprint density at radius 1 is 1.19 bits per heavy atom. The number of anilines is 1. The number of carbonyl (C=O) groups excluding carboxylic acids is 2. The number of piperazine rings is 1. The molecule has 1 saturated heterocycles. The summed E-state index contributed by atoms with van der Waals surface area (Å²) in [5, 5.41) is 14.2. The highest BCUT2D eigenvalue weighted by molar-refractivity contribution is 6.34. The Morgan fingerprint density at radius 3 is 2.53 bits per heavy atom. The van der Waals surface area contributed by atoms with Crippen LogP contribution in [0, 0.1) is 17.0 Å². The Kier molecular flexibility index (Phi) is 10.3. The Hall–Kier alpha value is -4.13. The van der Waals surface area contributed by atoms with Crippen molar-refractivity contribution in [1.82, 2.24) is 24.7 Å². The normalized spacial score (nSPS) is 13.7. The number of allylic oxidation sites excluding steroid dienone is 1. The third kappa shape index (κ3) is 7.10. The summed E-state index contributed by atoms with van der Waals surface area (Å²) in [4.78, 5) is 33.5. The number of aromatic nitrogens is 2. The van der Waals surface area contributed by atoms with Gasteiger partial charge in [0.1, 0.15) is 0 Å². The molecule has 0 aliphatic carbocycles. The summed E-state index contributed by atoms with van der Waals surface area (Å²) in [5.41, 5.74) is 0.992. The molecule has 0 spiro atoms. The van der Waals surface area contributed by atoms with Crippen molar-refractivity contribution in [3.63, 3.8) is 0 Å². The molecule has 13 heteroatoms. The Bertz CT molecular complexity index is 1570. The second-order valence-corrected chi connectivity index (χ2v) is 10.6. The van der Waals surface area contributed by atoms with Crippen molar-refractivity contribution >= 4 is 40.4 Å². The number of benzene rings is 2. The predicted octanol–water partition coefficient (Wildman–Crippen LogP) is 4.28. The quantitative estimate of drug-likeness (QED) is 0.294. The van der Waals surface area contributed by atoms with Crippen LogP contribution in [0.4, 0.5) is 14.5 Å². The number of amides is 2. The maximum Gasteiger partial charge on any atom is 0.291 e. The highest BCUT2D eigenvalue weighted by Gasteiger charge is 2.24. The van der Waals surface area contributed by atoms with Crippen LogP contribution in [0.15, 0.2) is 42.7 Å². The Balaban J connectivity index is 1.55. The molecule has 4 rings (SSSR count). The number of ether oxygens (including phenoxy) is 1. The molecule has 3 N–H and O–H groups in total. The minimum atomic E-state index is -1.13. The molecule has 0 atom stereocenters. The van der Waals surface area contributed by atoms with Crippen LogP contribution >= 0.6 is 11.6 Å². The van der Waals surface area contributed by atoms with E-state index in [0.717, 1.165) is 0 Å². The molecule has 2 heterocycles. The van der Waals surface area contributed by atoms with Crippen LogP contribution in [0.25, 0.3) is 16.8 Å². The van der Waals surface area contributed by atoms with Crippen molar-refractivity contribution in [2.45, 2.75) is 6.92 Å². The van der Waals surface area contributed by atoms with Crippen LogP contribution in [0.3, 0.4) is 0 Å². The molecule has 3 aromatic rings. The summed E-state index contributed by atoms with van der Waals surface area (Å²) >= 11 is 6.39. The number of hydrogen-bond acceptors (Lipinski definition) is 7. The number of imidazole rings is 1. The first kappa shape index (κ1) is 31.8. The molecule has 0 radical (unpaired) electrons. The maximum absolute atomic E-state index is 15.4. The van der Waals surface area contributed by atoms with Gasteiger partial charge in [-0.3, -0.25) is 9.59 Å². The second-order valence-electron chi connectivity index (χ2n) is 10.1. The number of nitrogens with one attached hydrogen (secondary N) is 3. The summed E-state index contributed by atoms with van der Waals surface area (Å²) in [6.07, 6.45) is 2.86. The lowest BCUT2D eigenvalue weighted by Crippen LogP contribution is -2.46. The van der Waals surface area contributed by atoms with Crippen molar-refractivity contribution in [3.05, 3.63) is 76.3 Å². The lowest BCUT2D eigenvalue weighted by molar-refractivity contribution is 0.0736. The minimum Gasteiger partial charge on any atom is -0.383 e. The first-order chi connectivity index (χ1) is 20.5. The van der Waals surface area contributed by atoms with E-state index in [4.69, 9.17) is 21.7 Å². The van der Waals surface area contributed by atoms with E-state index in [1.54, 1.807) is 42.3 Å². The summed E-state index contributed by atoms with van der Waals surface area (Å²) in [6.45, 7) is 5.00. The molecule has 2 aromatic carbocycles. The highest BCUT2D eigenvalue weighted by atomic mass is 35.5. The standard InChI is InChI=1S/C30H34ClF2N7O3/c1-18(34)23(17-38(2)13-14-43-4)20-7-8-22(27(33)26(20)32)25-16-36-28(39(25)3)29(41)37-19-5-6-21(24(31)15-19)30(42)40-11-9-35-10-12-40/h5-8,15-17,34-35H,9-14H2,1-4H3,(H,37,41)/b23-17+,34-18?. The summed E-state index contributed by atoms with van der Waals surface area (Å²) in [7, 11) is 4.83. The summed E-state index contributed by atoms with van der Waals surface area (Å²) in [6, 6.07) is 7.40. The molecule has 10 nitrogen and oxygen atoms in total. The largest absolute Gasteiger partial charge is 0.383 e.